The fraction of sp³-hybridized carbons (Fsp3) is 0.364. The first kappa shape index (κ1) is 12.7. The van der Waals surface area contributed by atoms with E-state index in [1.165, 1.54) is 0 Å². The monoisotopic (exact) mass is 334 g/mol. The Bertz CT molecular complexity index is 375. The molecule has 0 aliphatic heterocycles. The summed E-state index contributed by atoms with van der Waals surface area (Å²) in [6.07, 6.45) is 0. The molecule has 0 atom stereocenters. The molecule has 82 valence electrons. The number of carbonyl (C=O) groups is 1. The summed E-state index contributed by atoms with van der Waals surface area (Å²) in [5.74, 6) is -0.279. The largest absolute Gasteiger partial charge is 0.462 e. The summed E-state index contributed by atoms with van der Waals surface area (Å²) < 4.78 is 5.79. The van der Waals surface area contributed by atoms with Gasteiger partial charge in [0.05, 0.1) is 12.2 Å². The molecule has 0 aliphatic rings. The zero-order chi connectivity index (χ0) is 11.4. The number of esters is 1. The van der Waals surface area contributed by atoms with Crippen molar-refractivity contribution in [3.05, 3.63) is 33.3 Å². The minimum absolute atomic E-state index is 0.279. The fourth-order valence-electron chi connectivity index (χ4n) is 1.35. The third kappa shape index (κ3) is 3.05. The number of hydrogen-bond acceptors (Lipinski definition) is 2. The molecule has 0 fully saturated rings. The van der Waals surface area contributed by atoms with E-state index in [4.69, 9.17) is 4.74 Å². The van der Waals surface area contributed by atoms with Crippen LogP contribution in [0.1, 0.15) is 28.4 Å². The van der Waals surface area contributed by atoms with Crippen LogP contribution >= 0.6 is 31.9 Å². The standard InChI is InChI=1S/C11H12Br2O2/c1-3-15-11(14)10-8(6-12)4-7(2)5-9(10)13/h4-5H,3,6H2,1-2H3. The number of aryl methyl sites for hydroxylation is 1. The minimum Gasteiger partial charge on any atom is -0.462 e. The Labute approximate surface area is 106 Å². The summed E-state index contributed by atoms with van der Waals surface area (Å²) in [6, 6.07) is 3.89. The van der Waals surface area contributed by atoms with Crippen molar-refractivity contribution in [1.82, 2.24) is 0 Å². The third-order valence-corrected chi connectivity index (χ3v) is 3.17. The predicted molar refractivity (Wildman–Crippen MR) is 67.5 cm³/mol. The molecule has 4 heteroatoms. The van der Waals surface area contributed by atoms with E-state index in [0.717, 1.165) is 15.6 Å². The lowest BCUT2D eigenvalue weighted by Crippen LogP contribution is -2.08. The van der Waals surface area contributed by atoms with Gasteiger partial charge in [0, 0.05) is 9.80 Å². The smallest absolute Gasteiger partial charge is 0.339 e. The molecule has 0 bridgehead atoms. The van der Waals surface area contributed by atoms with Crippen LogP contribution in [0.25, 0.3) is 0 Å². The quantitative estimate of drug-likeness (QED) is 0.620. The first-order valence-corrected chi connectivity index (χ1v) is 6.53. The molecule has 0 amide bonds. The first-order chi connectivity index (χ1) is 7.10. The van der Waals surface area contributed by atoms with Crippen LogP contribution < -0.4 is 0 Å². The zero-order valence-corrected chi connectivity index (χ0v) is 11.8. The van der Waals surface area contributed by atoms with Crippen LogP contribution in [0, 0.1) is 6.92 Å². The van der Waals surface area contributed by atoms with Crippen molar-refractivity contribution in [2.45, 2.75) is 19.2 Å². The van der Waals surface area contributed by atoms with Gasteiger partial charge >= 0.3 is 5.97 Å². The number of hydrogen-bond donors (Lipinski definition) is 0. The van der Waals surface area contributed by atoms with E-state index in [1.54, 1.807) is 6.92 Å². The van der Waals surface area contributed by atoms with Gasteiger partial charge in [-0.1, -0.05) is 22.0 Å². The van der Waals surface area contributed by atoms with Gasteiger partial charge in [0.2, 0.25) is 0 Å². The van der Waals surface area contributed by atoms with Crippen LogP contribution in [0.15, 0.2) is 16.6 Å². The molecule has 0 aliphatic carbocycles. The van der Waals surface area contributed by atoms with Crippen molar-refractivity contribution in [2.24, 2.45) is 0 Å². The van der Waals surface area contributed by atoms with Gasteiger partial charge in [0.15, 0.2) is 0 Å². The van der Waals surface area contributed by atoms with Gasteiger partial charge in [-0.15, -0.1) is 0 Å². The summed E-state index contributed by atoms with van der Waals surface area (Å²) in [5, 5.41) is 0.640. The van der Waals surface area contributed by atoms with Gasteiger partial charge < -0.3 is 4.74 Å². The lowest BCUT2D eigenvalue weighted by atomic mass is 10.1. The molecule has 1 aromatic rings. The molecule has 0 saturated heterocycles. The molecule has 1 rings (SSSR count). The average molecular weight is 336 g/mol. The van der Waals surface area contributed by atoms with Gasteiger partial charge in [-0.2, -0.15) is 0 Å². The van der Waals surface area contributed by atoms with Gasteiger partial charge in [-0.3, -0.25) is 0 Å². The molecule has 0 aromatic heterocycles. The second-order valence-corrected chi connectivity index (χ2v) is 4.55. The second-order valence-electron chi connectivity index (χ2n) is 3.13. The van der Waals surface area contributed by atoms with Crippen LogP contribution in [0.2, 0.25) is 0 Å². The number of rotatable bonds is 3. The Kier molecular flexibility index (Phi) is 4.80. The van der Waals surface area contributed by atoms with Crippen LogP contribution in [0.5, 0.6) is 0 Å². The molecule has 0 N–H and O–H groups in total. The topological polar surface area (TPSA) is 26.3 Å². The number of benzene rings is 1. The third-order valence-electron chi connectivity index (χ3n) is 1.94. The van der Waals surface area contributed by atoms with Crippen molar-refractivity contribution in [2.75, 3.05) is 6.61 Å². The Morgan fingerprint density at radius 1 is 1.47 bits per heavy atom. The van der Waals surface area contributed by atoms with Crippen LogP contribution in [0.3, 0.4) is 0 Å². The number of alkyl halides is 1. The van der Waals surface area contributed by atoms with E-state index in [9.17, 15) is 4.79 Å². The highest BCUT2D eigenvalue weighted by molar-refractivity contribution is 9.10. The van der Waals surface area contributed by atoms with Crippen molar-refractivity contribution < 1.29 is 9.53 Å². The summed E-state index contributed by atoms with van der Waals surface area (Å²) in [6.45, 7) is 4.18. The number of carbonyl (C=O) groups excluding carboxylic acids is 1. The molecule has 0 saturated carbocycles. The van der Waals surface area contributed by atoms with E-state index in [1.807, 2.05) is 19.1 Å². The molecular weight excluding hydrogens is 324 g/mol. The van der Waals surface area contributed by atoms with E-state index < -0.39 is 0 Å². The minimum atomic E-state index is -0.279. The molecule has 0 heterocycles. The van der Waals surface area contributed by atoms with Gasteiger partial charge in [0.25, 0.3) is 0 Å². The normalized spacial score (nSPS) is 10.1. The van der Waals surface area contributed by atoms with E-state index in [0.29, 0.717) is 17.5 Å². The van der Waals surface area contributed by atoms with Crippen molar-refractivity contribution in [1.29, 1.82) is 0 Å². The summed E-state index contributed by atoms with van der Waals surface area (Å²) in [7, 11) is 0. The van der Waals surface area contributed by atoms with Gasteiger partial charge in [-0.05, 0) is 47.0 Å². The Morgan fingerprint density at radius 3 is 2.67 bits per heavy atom. The number of ether oxygens (including phenoxy) is 1. The SMILES string of the molecule is CCOC(=O)c1c(Br)cc(C)cc1CBr. The summed E-state index contributed by atoms with van der Waals surface area (Å²) in [5.41, 5.74) is 2.67. The molecule has 15 heavy (non-hydrogen) atoms. The van der Waals surface area contributed by atoms with Crippen molar-refractivity contribution in [3.63, 3.8) is 0 Å². The Hall–Kier alpha value is -0.350. The Balaban J connectivity index is 3.20. The average Bonchev–Trinajstić information content (AvgIpc) is 2.16. The lowest BCUT2D eigenvalue weighted by Gasteiger charge is -2.10. The fourth-order valence-corrected chi connectivity index (χ4v) is 2.57. The molecule has 1 aromatic carbocycles. The van der Waals surface area contributed by atoms with Crippen LogP contribution in [-0.4, -0.2) is 12.6 Å². The van der Waals surface area contributed by atoms with E-state index in [-0.39, 0.29) is 5.97 Å². The highest BCUT2D eigenvalue weighted by Gasteiger charge is 2.16. The van der Waals surface area contributed by atoms with Crippen molar-refractivity contribution in [3.8, 4) is 0 Å². The summed E-state index contributed by atoms with van der Waals surface area (Å²) in [4.78, 5) is 11.7. The van der Waals surface area contributed by atoms with Crippen LogP contribution in [0.4, 0.5) is 0 Å². The molecule has 2 nitrogen and oxygen atoms in total. The summed E-state index contributed by atoms with van der Waals surface area (Å²) >= 11 is 6.76. The number of halogens is 2. The van der Waals surface area contributed by atoms with E-state index >= 15 is 0 Å². The molecule has 0 unspecified atom stereocenters. The highest BCUT2D eigenvalue weighted by atomic mass is 79.9. The first-order valence-electron chi connectivity index (χ1n) is 4.62. The molecule has 0 spiro atoms. The Morgan fingerprint density at radius 2 is 2.13 bits per heavy atom. The lowest BCUT2D eigenvalue weighted by molar-refractivity contribution is 0.0524. The second kappa shape index (κ2) is 5.66. The van der Waals surface area contributed by atoms with Crippen molar-refractivity contribution >= 4 is 37.8 Å². The molecular formula is C11H12Br2O2. The highest BCUT2D eigenvalue weighted by Crippen LogP contribution is 2.25. The zero-order valence-electron chi connectivity index (χ0n) is 8.64. The maximum absolute atomic E-state index is 11.7. The van der Waals surface area contributed by atoms with Gasteiger partial charge in [-0.25, -0.2) is 4.79 Å². The van der Waals surface area contributed by atoms with E-state index in [2.05, 4.69) is 31.9 Å². The molecule has 0 radical (unpaired) electrons. The maximum Gasteiger partial charge on any atom is 0.339 e. The van der Waals surface area contributed by atoms with Crippen LogP contribution in [-0.2, 0) is 10.1 Å². The maximum atomic E-state index is 11.7. The predicted octanol–water partition coefficient (Wildman–Crippen LogP) is 3.83. The van der Waals surface area contributed by atoms with Gasteiger partial charge in [0.1, 0.15) is 0 Å².